The van der Waals surface area contributed by atoms with Crippen LogP contribution in [0.15, 0.2) is 67.1 Å². The van der Waals surface area contributed by atoms with Crippen LogP contribution in [-0.2, 0) is 0 Å². The van der Waals surface area contributed by atoms with E-state index in [4.69, 9.17) is 0 Å². The van der Waals surface area contributed by atoms with Crippen molar-refractivity contribution in [1.29, 1.82) is 0 Å². The maximum Gasteiger partial charge on any atom is 0.255 e. The van der Waals surface area contributed by atoms with Gasteiger partial charge in [0.25, 0.3) is 5.91 Å². The molecular formula is C22H15IN4O. The topological polar surface area (TPSA) is 59.3 Å². The molecule has 0 bridgehead atoms. The summed E-state index contributed by atoms with van der Waals surface area (Å²) in [4.78, 5) is 16.9. The number of fused-ring (bicyclic) bond motifs is 1. The zero-order valence-electron chi connectivity index (χ0n) is 15.0. The second-order valence-corrected chi connectivity index (χ2v) is 7.47. The van der Waals surface area contributed by atoms with Gasteiger partial charge in [0.15, 0.2) is 5.65 Å². The van der Waals surface area contributed by atoms with Gasteiger partial charge in [0.1, 0.15) is 0 Å². The van der Waals surface area contributed by atoms with Crippen molar-refractivity contribution >= 4 is 39.8 Å². The number of hydrogen-bond donors (Lipinski definition) is 1. The molecule has 0 unspecified atom stereocenters. The van der Waals surface area contributed by atoms with Crippen molar-refractivity contribution in [1.82, 2.24) is 14.6 Å². The molecule has 0 atom stereocenters. The molecule has 4 aromatic rings. The average molecular weight is 478 g/mol. The van der Waals surface area contributed by atoms with Gasteiger partial charge in [-0.2, -0.15) is 5.10 Å². The zero-order valence-corrected chi connectivity index (χ0v) is 17.1. The molecule has 0 saturated heterocycles. The van der Waals surface area contributed by atoms with Gasteiger partial charge in [0.05, 0.1) is 11.8 Å². The first-order valence-corrected chi connectivity index (χ1v) is 9.65. The number of nitrogens with zero attached hydrogens (tertiary/aromatic N) is 3. The maximum atomic E-state index is 12.6. The van der Waals surface area contributed by atoms with Crippen LogP contribution in [0.3, 0.4) is 0 Å². The standard InChI is InChI=1S/C22H15IN4O/c1-15-5-7-18(22(28)26-20-4-2-3-19(23)12-20)11-17(15)8-6-16-13-24-21-9-10-25-27(21)14-16/h2-5,7,9-14H,1H3,(H,26,28). The van der Waals surface area contributed by atoms with E-state index in [2.05, 4.69) is 49.8 Å². The molecule has 2 aromatic carbocycles. The maximum absolute atomic E-state index is 12.6. The Kier molecular flexibility index (Phi) is 5.08. The Morgan fingerprint density at radius 1 is 1.14 bits per heavy atom. The first kappa shape index (κ1) is 18.2. The summed E-state index contributed by atoms with van der Waals surface area (Å²) in [6.07, 6.45) is 5.24. The minimum Gasteiger partial charge on any atom is -0.322 e. The third kappa shape index (κ3) is 4.05. The quantitative estimate of drug-likeness (QED) is 0.346. The number of halogens is 1. The SMILES string of the molecule is Cc1ccc(C(=O)Nc2cccc(I)c2)cc1C#Cc1cnc2ccnn2c1. The van der Waals surface area contributed by atoms with E-state index in [9.17, 15) is 4.79 Å². The van der Waals surface area contributed by atoms with Crippen LogP contribution < -0.4 is 5.32 Å². The summed E-state index contributed by atoms with van der Waals surface area (Å²) >= 11 is 2.22. The number of aromatic nitrogens is 3. The third-order valence-electron chi connectivity index (χ3n) is 4.17. The minimum absolute atomic E-state index is 0.162. The van der Waals surface area contributed by atoms with E-state index in [-0.39, 0.29) is 5.91 Å². The van der Waals surface area contributed by atoms with Crippen molar-refractivity contribution in [2.45, 2.75) is 6.92 Å². The Balaban J connectivity index is 1.59. The highest BCUT2D eigenvalue weighted by Gasteiger charge is 2.08. The molecule has 2 heterocycles. The smallest absolute Gasteiger partial charge is 0.255 e. The average Bonchev–Trinajstić information content (AvgIpc) is 3.15. The van der Waals surface area contributed by atoms with E-state index in [1.54, 1.807) is 23.0 Å². The summed E-state index contributed by atoms with van der Waals surface area (Å²) in [6.45, 7) is 1.97. The minimum atomic E-state index is -0.162. The first-order valence-electron chi connectivity index (χ1n) is 8.57. The summed E-state index contributed by atoms with van der Waals surface area (Å²) in [5, 5.41) is 7.09. The predicted octanol–water partition coefficient (Wildman–Crippen LogP) is 4.29. The molecule has 5 nitrogen and oxygen atoms in total. The number of aryl methyl sites for hydroxylation is 1. The van der Waals surface area contributed by atoms with Crippen LogP contribution >= 0.6 is 22.6 Å². The fraction of sp³-hybridized carbons (Fsp3) is 0.0455. The van der Waals surface area contributed by atoms with E-state index in [0.717, 1.165) is 31.6 Å². The number of nitrogens with one attached hydrogen (secondary N) is 1. The Morgan fingerprint density at radius 3 is 2.89 bits per heavy atom. The molecule has 0 spiro atoms. The number of carbonyl (C=O) groups excluding carboxylic acids is 1. The number of amides is 1. The van der Waals surface area contributed by atoms with Crippen molar-refractivity contribution in [2.75, 3.05) is 5.32 Å². The van der Waals surface area contributed by atoms with E-state index >= 15 is 0 Å². The normalized spacial score (nSPS) is 10.4. The predicted molar refractivity (Wildman–Crippen MR) is 117 cm³/mol. The molecule has 0 fully saturated rings. The van der Waals surface area contributed by atoms with Gasteiger partial charge in [-0.05, 0) is 65.4 Å². The molecule has 2 aromatic heterocycles. The molecule has 1 amide bonds. The molecule has 1 N–H and O–H groups in total. The number of rotatable bonds is 2. The summed E-state index contributed by atoms with van der Waals surface area (Å²) < 4.78 is 2.75. The molecule has 6 heteroatoms. The van der Waals surface area contributed by atoms with Gasteiger partial charge < -0.3 is 5.32 Å². The Hall–Kier alpha value is -3.18. The van der Waals surface area contributed by atoms with Gasteiger partial charge in [-0.15, -0.1) is 0 Å². The molecule has 0 radical (unpaired) electrons. The van der Waals surface area contributed by atoms with Crippen LogP contribution in [0.2, 0.25) is 0 Å². The first-order chi connectivity index (χ1) is 13.6. The molecule has 136 valence electrons. The number of carbonyl (C=O) groups is 1. The van der Waals surface area contributed by atoms with Crippen molar-refractivity contribution in [3.05, 3.63) is 92.9 Å². The lowest BCUT2D eigenvalue weighted by Crippen LogP contribution is -2.12. The molecule has 0 saturated carbocycles. The largest absolute Gasteiger partial charge is 0.322 e. The number of anilines is 1. The van der Waals surface area contributed by atoms with E-state index in [1.807, 2.05) is 55.6 Å². The number of hydrogen-bond acceptors (Lipinski definition) is 3. The van der Waals surface area contributed by atoms with Crippen molar-refractivity contribution in [3.8, 4) is 11.8 Å². The Labute approximate surface area is 176 Å². The van der Waals surface area contributed by atoms with Crippen LogP contribution in [0, 0.1) is 22.3 Å². The Morgan fingerprint density at radius 2 is 2.04 bits per heavy atom. The van der Waals surface area contributed by atoms with Gasteiger partial charge in [-0.1, -0.05) is 24.0 Å². The van der Waals surface area contributed by atoms with Crippen molar-refractivity contribution in [3.63, 3.8) is 0 Å². The van der Waals surface area contributed by atoms with Crippen LogP contribution in [0.5, 0.6) is 0 Å². The third-order valence-corrected chi connectivity index (χ3v) is 4.84. The molecule has 0 aliphatic carbocycles. The molecule has 0 aliphatic heterocycles. The summed E-state index contributed by atoms with van der Waals surface area (Å²) in [5.74, 6) is 6.08. The number of benzene rings is 2. The van der Waals surface area contributed by atoms with Crippen molar-refractivity contribution < 1.29 is 4.79 Å². The fourth-order valence-corrected chi connectivity index (χ4v) is 3.22. The van der Waals surface area contributed by atoms with Gasteiger partial charge in [-0.25, -0.2) is 9.50 Å². The lowest BCUT2D eigenvalue weighted by atomic mass is 10.0. The van der Waals surface area contributed by atoms with Crippen molar-refractivity contribution in [2.24, 2.45) is 0 Å². The monoisotopic (exact) mass is 478 g/mol. The zero-order chi connectivity index (χ0) is 19.5. The summed E-state index contributed by atoms with van der Waals surface area (Å²) in [5.41, 5.74) is 4.67. The van der Waals surface area contributed by atoms with Gasteiger partial charge in [-0.3, -0.25) is 4.79 Å². The summed E-state index contributed by atoms with van der Waals surface area (Å²) in [7, 11) is 0. The van der Waals surface area contributed by atoms with Crippen LogP contribution in [0.1, 0.15) is 27.0 Å². The fourth-order valence-electron chi connectivity index (χ4n) is 2.68. The highest BCUT2D eigenvalue weighted by molar-refractivity contribution is 14.1. The molecular weight excluding hydrogens is 463 g/mol. The molecule has 28 heavy (non-hydrogen) atoms. The van der Waals surface area contributed by atoms with E-state index in [1.165, 1.54) is 0 Å². The van der Waals surface area contributed by atoms with E-state index in [0.29, 0.717) is 5.56 Å². The lowest BCUT2D eigenvalue weighted by molar-refractivity contribution is 0.102. The van der Waals surface area contributed by atoms with Gasteiger partial charge in [0.2, 0.25) is 0 Å². The van der Waals surface area contributed by atoms with Crippen LogP contribution in [0.25, 0.3) is 5.65 Å². The summed E-state index contributed by atoms with van der Waals surface area (Å²) in [6, 6.07) is 15.0. The molecule has 0 aliphatic rings. The second kappa shape index (κ2) is 7.82. The van der Waals surface area contributed by atoms with Crippen LogP contribution in [-0.4, -0.2) is 20.5 Å². The van der Waals surface area contributed by atoms with Gasteiger partial charge >= 0.3 is 0 Å². The second-order valence-electron chi connectivity index (χ2n) is 6.22. The van der Waals surface area contributed by atoms with Gasteiger partial charge in [0, 0.05) is 38.8 Å². The van der Waals surface area contributed by atoms with Crippen LogP contribution in [0.4, 0.5) is 5.69 Å². The highest BCUT2D eigenvalue weighted by Crippen LogP contribution is 2.16. The van der Waals surface area contributed by atoms with E-state index < -0.39 is 0 Å². The highest BCUT2D eigenvalue weighted by atomic mass is 127. The lowest BCUT2D eigenvalue weighted by Gasteiger charge is -2.07. The Bertz CT molecular complexity index is 1250. The molecule has 4 rings (SSSR count).